The zero-order chi connectivity index (χ0) is 16.5. The molecule has 0 radical (unpaired) electrons. The van der Waals surface area contributed by atoms with Crippen LogP contribution in [0.4, 0.5) is 13.2 Å². The molecular weight excluding hydrogens is 318 g/mol. The Labute approximate surface area is 120 Å². The Hall–Kier alpha value is -0.845. The van der Waals surface area contributed by atoms with Gasteiger partial charge in [0.15, 0.2) is 0 Å². The van der Waals surface area contributed by atoms with Crippen LogP contribution in [0.15, 0.2) is 0 Å². The third kappa shape index (κ3) is 4.08. The van der Waals surface area contributed by atoms with E-state index in [4.69, 9.17) is 4.74 Å². The van der Waals surface area contributed by atoms with E-state index in [1.165, 1.54) is 13.7 Å². The number of rotatable bonds is 6. The monoisotopic (exact) mass is 333 g/mol. The van der Waals surface area contributed by atoms with Crippen molar-refractivity contribution in [3.05, 3.63) is 0 Å². The van der Waals surface area contributed by atoms with Gasteiger partial charge in [0.1, 0.15) is 5.54 Å². The average molecular weight is 333 g/mol. The number of esters is 1. The maximum absolute atomic E-state index is 12.2. The topological polar surface area (TPSA) is 102 Å². The lowest BCUT2D eigenvalue weighted by molar-refractivity contribution is -0.159. The van der Waals surface area contributed by atoms with Crippen LogP contribution in [0.25, 0.3) is 0 Å². The Morgan fingerprint density at radius 2 is 2.00 bits per heavy atom. The molecule has 0 aromatic heterocycles. The summed E-state index contributed by atoms with van der Waals surface area (Å²) in [4.78, 5) is 11.8. The average Bonchev–Trinajstić information content (AvgIpc) is 2.23. The van der Waals surface area contributed by atoms with E-state index < -0.39 is 40.3 Å². The standard InChI is InChI=1S/C9H15BF3NO6S/c1-3-19-7(15)8(14-10(2)16)4-6(5-8)20-21(17,18)9(11,12)13/h6,14,16H,3-5H2,1-2H3/t6-,8+. The second-order valence-electron chi connectivity index (χ2n) is 4.65. The first-order chi connectivity index (χ1) is 9.43. The van der Waals surface area contributed by atoms with Crippen molar-refractivity contribution in [2.75, 3.05) is 6.61 Å². The summed E-state index contributed by atoms with van der Waals surface area (Å²) < 4.78 is 67.0. The molecule has 122 valence electrons. The molecule has 21 heavy (non-hydrogen) atoms. The number of carbonyl (C=O) groups excluding carboxylic acids is 1. The molecule has 0 unspecified atom stereocenters. The highest BCUT2D eigenvalue weighted by molar-refractivity contribution is 7.87. The molecule has 0 saturated heterocycles. The molecule has 0 atom stereocenters. The highest BCUT2D eigenvalue weighted by Crippen LogP contribution is 2.39. The summed E-state index contributed by atoms with van der Waals surface area (Å²) in [7, 11) is -6.85. The van der Waals surface area contributed by atoms with E-state index in [0.717, 1.165) is 0 Å². The number of alkyl halides is 3. The fraction of sp³-hybridized carbons (Fsp3) is 0.889. The van der Waals surface area contributed by atoms with Crippen LogP contribution in [-0.4, -0.2) is 50.2 Å². The van der Waals surface area contributed by atoms with Gasteiger partial charge in [0.2, 0.25) is 0 Å². The summed E-state index contributed by atoms with van der Waals surface area (Å²) in [5, 5.41) is 11.7. The van der Waals surface area contributed by atoms with Gasteiger partial charge in [0.25, 0.3) is 0 Å². The largest absolute Gasteiger partial charge is 0.523 e. The second kappa shape index (κ2) is 6.11. The molecule has 0 heterocycles. The quantitative estimate of drug-likeness (QED) is 0.306. The lowest BCUT2D eigenvalue weighted by atomic mass is 9.69. The van der Waals surface area contributed by atoms with Crippen molar-refractivity contribution in [2.24, 2.45) is 0 Å². The van der Waals surface area contributed by atoms with Gasteiger partial charge in [-0.1, -0.05) is 0 Å². The molecule has 2 N–H and O–H groups in total. The molecule has 0 aromatic carbocycles. The number of hydrogen-bond acceptors (Lipinski definition) is 7. The zero-order valence-electron chi connectivity index (χ0n) is 11.3. The van der Waals surface area contributed by atoms with Gasteiger partial charge in [-0.2, -0.15) is 21.6 Å². The predicted octanol–water partition coefficient (Wildman–Crippen LogP) is 0.0168. The van der Waals surface area contributed by atoms with E-state index in [2.05, 4.69) is 9.41 Å². The Kier molecular flexibility index (Phi) is 5.29. The van der Waals surface area contributed by atoms with Gasteiger partial charge in [-0.3, -0.25) is 8.98 Å². The second-order valence-corrected chi connectivity index (χ2v) is 6.21. The maximum Gasteiger partial charge on any atom is 0.523 e. The maximum atomic E-state index is 12.2. The lowest BCUT2D eigenvalue weighted by Crippen LogP contribution is -2.67. The van der Waals surface area contributed by atoms with Crippen molar-refractivity contribution in [1.29, 1.82) is 0 Å². The SMILES string of the molecule is CCOC(=O)[C@]1(NB(C)O)C[C@@H](OS(=O)(=O)C(F)(F)F)C1. The van der Waals surface area contributed by atoms with E-state index in [1.807, 2.05) is 0 Å². The van der Waals surface area contributed by atoms with E-state index >= 15 is 0 Å². The molecule has 1 saturated carbocycles. The van der Waals surface area contributed by atoms with Crippen LogP contribution in [0.2, 0.25) is 6.82 Å². The summed E-state index contributed by atoms with van der Waals surface area (Å²) in [5.74, 6) is -0.782. The predicted molar refractivity (Wildman–Crippen MR) is 65.4 cm³/mol. The van der Waals surface area contributed by atoms with Crippen molar-refractivity contribution in [3.8, 4) is 0 Å². The Bertz CT molecular complexity index is 488. The summed E-state index contributed by atoms with van der Waals surface area (Å²) in [6.45, 7) is 2.88. The zero-order valence-corrected chi connectivity index (χ0v) is 12.1. The molecular formula is C9H15BF3NO6S. The fourth-order valence-corrected chi connectivity index (χ4v) is 2.64. The minimum atomic E-state index is -5.72. The normalized spacial score (nSPS) is 26.1. The molecule has 1 rings (SSSR count). The molecule has 0 spiro atoms. The van der Waals surface area contributed by atoms with Gasteiger partial charge >= 0.3 is 28.6 Å². The lowest BCUT2D eigenvalue weighted by Gasteiger charge is -2.45. The van der Waals surface area contributed by atoms with Crippen molar-refractivity contribution in [1.82, 2.24) is 5.23 Å². The number of ether oxygens (including phenoxy) is 1. The van der Waals surface area contributed by atoms with Gasteiger partial charge in [0, 0.05) is 12.8 Å². The van der Waals surface area contributed by atoms with Crippen LogP contribution in [-0.2, 0) is 23.8 Å². The molecule has 1 aliphatic carbocycles. The fourth-order valence-electron chi connectivity index (χ4n) is 2.03. The summed E-state index contributed by atoms with van der Waals surface area (Å²) in [6.07, 6.45) is -2.02. The van der Waals surface area contributed by atoms with Gasteiger partial charge in [-0.05, 0) is 13.7 Å². The number of nitrogens with one attached hydrogen (secondary N) is 1. The number of halogens is 3. The van der Waals surface area contributed by atoms with Crippen molar-refractivity contribution < 1.29 is 40.3 Å². The van der Waals surface area contributed by atoms with Crippen LogP contribution in [0, 0.1) is 0 Å². The Morgan fingerprint density at radius 3 is 2.38 bits per heavy atom. The molecule has 7 nitrogen and oxygen atoms in total. The van der Waals surface area contributed by atoms with Gasteiger partial charge < -0.3 is 15.0 Å². The third-order valence-electron chi connectivity index (χ3n) is 2.85. The minimum Gasteiger partial charge on any atom is -0.465 e. The van der Waals surface area contributed by atoms with Crippen LogP contribution in [0.5, 0.6) is 0 Å². The van der Waals surface area contributed by atoms with Crippen LogP contribution in [0.1, 0.15) is 19.8 Å². The van der Waals surface area contributed by atoms with Crippen molar-refractivity contribution in [2.45, 2.75) is 43.7 Å². The van der Waals surface area contributed by atoms with E-state index in [0.29, 0.717) is 0 Å². The molecule has 1 fully saturated rings. The number of carbonyl (C=O) groups is 1. The highest BCUT2D eigenvalue weighted by atomic mass is 32.2. The third-order valence-corrected chi connectivity index (χ3v) is 3.94. The Balaban J connectivity index is 2.74. The first kappa shape index (κ1) is 18.2. The molecule has 0 aliphatic heterocycles. The van der Waals surface area contributed by atoms with Gasteiger partial charge in [-0.25, -0.2) is 0 Å². The highest BCUT2D eigenvalue weighted by Gasteiger charge is 2.57. The van der Waals surface area contributed by atoms with Crippen LogP contribution >= 0.6 is 0 Å². The number of hydrogen-bond donors (Lipinski definition) is 2. The summed E-state index contributed by atoms with van der Waals surface area (Å²) >= 11 is 0. The molecule has 0 aromatic rings. The first-order valence-electron chi connectivity index (χ1n) is 6.06. The van der Waals surface area contributed by atoms with E-state index in [9.17, 15) is 31.4 Å². The minimum absolute atomic E-state index is 0.0362. The Morgan fingerprint density at radius 1 is 1.48 bits per heavy atom. The van der Waals surface area contributed by atoms with E-state index in [-0.39, 0.29) is 19.4 Å². The molecule has 12 heteroatoms. The smallest absolute Gasteiger partial charge is 0.465 e. The first-order valence-corrected chi connectivity index (χ1v) is 7.47. The molecule has 0 amide bonds. The molecule has 1 aliphatic rings. The van der Waals surface area contributed by atoms with Crippen LogP contribution < -0.4 is 5.23 Å². The molecule has 0 bridgehead atoms. The summed E-state index contributed by atoms with van der Waals surface area (Å²) in [6, 6.07) is 0. The van der Waals surface area contributed by atoms with Gasteiger partial charge in [-0.15, -0.1) is 0 Å². The van der Waals surface area contributed by atoms with E-state index in [1.54, 1.807) is 0 Å². The van der Waals surface area contributed by atoms with Crippen molar-refractivity contribution in [3.63, 3.8) is 0 Å². The van der Waals surface area contributed by atoms with Crippen LogP contribution in [0.3, 0.4) is 0 Å². The van der Waals surface area contributed by atoms with Gasteiger partial charge in [0.05, 0.1) is 12.7 Å². The van der Waals surface area contributed by atoms with Crippen molar-refractivity contribution >= 4 is 23.1 Å². The summed E-state index contributed by atoms with van der Waals surface area (Å²) in [5.41, 5.74) is -6.97.